The lowest BCUT2D eigenvalue weighted by Gasteiger charge is -2.11. The van der Waals surface area contributed by atoms with E-state index in [1.54, 1.807) is 7.11 Å². The minimum absolute atomic E-state index is 0.504. The Kier molecular flexibility index (Phi) is 5.80. The van der Waals surface area contributed by atoms with Crippen molar-refractivity contribution in [1.82, 2.24) is 5.32 Å². The van der Waals surface area contributed by atoms with Gasteiger partial charge in [0, 0.05) is 11.4 Å². The largest absolute Gasteiger partial charge is 0.493 e. The summed E-state index contributed by atoms with van der Waals surface area (Å²) in [6.45, 7) is 5.18. The van der Waals surface area contributed by atoms with E-state index in [9.17, 15) is 0 Å². The van der Waals surface area contributed by atoms with Gasteiger partial charge in [-0.05, 0) is 37.0 Å². The van der Waals surface area contributed by atoms with Crippen LogP contribution in [0.4, 0.5) is 0 Å². The Bertz CT molecular complexity index is 538. The molecule has 1 aromatic carbocycles. The number of nitrogens with one attached hydrogen (secondary N) is 1. The molecule has 0 saturated carbocycles. The number of methoxy groups -OCH3 is 1. The van der Waals surface area contributed by atoms with Crippen LogP contribution in [0.3, 0.4) is 0 Å². The summed E-state index contributed by atoms with van der Waals surface area (Å²) >= 11 is 1.99. The molecule has 0 saturated heterocycles. The number of benzene rings is 1. The van der Waals surface area contributed by atoms with Crippen molar-refractivity contribution in [2.45, 2.75) is 32.9 Å². The lowest BCUT2D eigenvalue weighted by Crippen LogP contribution is -2.25. The van der Waals surface area contributed by atoms with Crippen LogP contribution in [-0.2, 0) is 6.54 Å². The van der Waals surface area contributed by atoms with E-state index >= 15 is 0 Å². The molecule has 1 unspecified atom stereocenters. The zero-order valence-corrected chi connectivity index (χ0v) is 13.3. The Morgan fingerprint density at radius 1 is 1.40 bits per heavy atom. The van der Waals surface area contributed by atoms with Gasteiger partial charge in [-0.15, -0.1) is 0 Å². The minimum atomic E-state index is 0.504. The van der Waals surface area contributed by atoms with Gasteiger partial charge in [-0.3, -0.25) is 0 Å². The number of ether oxygens (including phenoxy) is 1. The highest BCUT2D eigenvalue weighted by Gasteiger charge is 2.09. The first-order chi connectivity index (χ1) is 9.74. The first-order valence-corrected chi connectivity index (χ1v) is 8.26. The third-order valence-electron chi connectivity index (χ3n) is 3.30. The van der Waals surface area contributed by atoms with E-state index < -0.39 is 0 Å². The fraction of sp³-hybridized carbons (Fsp3) is 0.500. The molecule has 0 spiro atoms. The van der Waals surface area contributed by atoms with Crippen LogP contribution < -0.4 is 10.1 Å². The standard InChI is InChI=1S/C16H23NO2S/c1-4-20-9-8-12(2)17-11-14-10-13-6-5-7-15(18-3)16(13)19-14/h5-7,10,12,17H,4,8-9,11H2,1-3H3. The third kappa shape index (κ3) is 3.93. The Labute approximate surface area is 125 Å². The molecule has 2 rings (SSSR count). The number of rotatable bonds is 8. The van der Waals surface area contributed by atoms with Crippen molar-refractivity contribution in [2.24, 2.45) is 0 Å². The molecule has 0 amide bonds. The number of hydrogen-bond donors (Lipinski definition) is 1. The molecule has 1 atom stereocenters. The monoisotopic (exact) mass is 293 g/mol. The number of furan rings is 1. The van der Waals surface area contributed by atoms with Crippen molar-refractivity contribution in [2.75, 3.05) is 18.6 Å². The maximum Gasteiger partial charge on any atom is 0.176 e. The summed E-state index contributed by atoms with van der Waals surface area (Å²) in [6, 6.07) is 8.54. The molecule has 0 radical (unpaired) electrons. The second-order valence-corrected chi connectivity index (χ2v) is 6.25. The highest BCUT2D eigenvalue weighted by atomic mass is 32.2. The molecule has 0 fully saturated rings. The van der Waals surface area contributed by atoms with E-state index in [-0.39, 0.29) is 0 Å². The molecule has 0 aliphatic rings. The van der Waals surface area contributed by atoms with E-state index in [4.69, 9.17) is 9.15 Å². The van der Waals surface area contributed by atoms with E-state index in [1.165, 1.54) is 17.9 Å². The molecule has 0 aliphatic carbocycles. The summed E-state index contributed by atoms with van der Waals surface area (Å²) in [7, 11) is 1.67. The van der Waals surface area contributed by atoms with Gasteiger partial charge >= 0.3 is 0 Å². The third-order valence-corrected chi connectivity index (χ3v) is 4.24. The van der Waals surface area contributed by atoms with E-state index in [1.807, 2.05) is 30.0 Å². The maximum atomic E-state index is 5.87. The molecule has 1 heterocycles. The van der Waals surface area contributed by atoms with Gasteiger partial charge in [0.1, 0.15) is 5.76 Å². The summed E-state index contributed by atoms with van der Waals surface area (Å²) in [5.74, 6) is 4.15. The quantitative estimate of drug-likeness (QED) is 0.744. The first kappa shape index (κ1) is 15.3. The molecule has 0 aliphatic heterocycles. The zero-order valence-electron chi connectivity index (χ0n) is 12.4. The zero-order chi connectivity index (χ0) is 14.4. The van der Waals surface area contributed by atoms with Gasteiger partial charge in [-0.2, -0.15) is 11.8 Å². The number of fused-ring (bicyclic) bond motifs is 1. The van der Waals surface area contributed by atoms with Crippen LogP contribution in [0, 0.1) is 0 Å². The number of hydrogen-bond acceptors (Lipinski definition) is 4. The Hall–Kier alpha value is -1.13. The number of para-hydroxylation sites is 1. The van der Waals surface area contributed by atoms with Gasteiger partial charge < -0.3 is 14.5 Å². The predicted molar refractivity (Wildman–Crippen MR) is 86.7 cm³/mol. The Morgan fingerprint density at radius 3 is 3.00 bits per heavy atom. The van der Waals surface area contributed by atoms with Gasteiger partial charge in [0.25, 0.3) is 0 Å². The van der Waals surface area contributed by atoms with Crippen LogP contribution in [-0.4, -0.2) is 24.7 Å². The van der Waals surface area contributed by atoms with Crippen LogP contribution in [0.2, 0.25) is 0 Å². The molecule has 1 N–H and O–H groups in total. The first-order valence-electron chi connectivity index (χ1n) is 7.11. The molecule has 110 valence electrons. The topological polar surface area (TPSA) is 34.4 Å². The smallest absolute Gasteiger partial charge is 0.176 e. The van der Waals surface area contributed by atoms with Gasteiger partial charge in [0.2, 0.25) is 0 Å². The van der Waals surface area contributed by atoms with Gasteiger partial charge in [-0.25, -0.2) is 0 Å². The normalized spacial score (nSPS) is 12.8. The lowest BCUT2D eigenvalue weighted by molar-refractivity contribution is 0.404. The van der Waals surface area contributed by atoms with Crippen molar-refractivity contribution < 1.29 is 9.15 Å². The second-order valence-electron chi connectivity index (χ2n) is 4.86. The summed E-state index contributed by atoms with van der Waals surface area (Å²) < 4.78 is 11.2. The second kappa shape index (κ2) is 7.60. The summed E-state index contributed by atoms with van der Waals surface area (Å²) in [6.07, 6.45) is 1.18. The minimum Gasteiger partial charge on any atom is -0.493 e. The van der Waals surface area contributed by atoms with Crippen molar-refractivity contribution in [3.63, 3.8) is 0 Å². The van der Waals surface area contributed by atoms with E-state index in [0.29, 0.717) is 6.04 Å². The van der Waals surface area contributed by atoms with Gasteiger partial charge in [-0.1, -0.05) is 19.1 Å². The van der Waals surface area contributed by atoms with Crippen molar-refractivity contribution >= 4 is 22.7 Å². The van der Waals surface area contributed by atoms with Crippen LogP contribution in [0.1, 0.15) is 26.0 Å². The fourth-order valence-electron chi connectivity index (χ4n) is 2.12. The Balaban J connectivity index is 1.93. The molecular weight excluding hydrogens is 270 g/mol. The van der Waals surface area contributed by atoms with E-state index in [2.05, 4.69) is 25.2 Å². The van der Waals surface area contributed by atoms with Crippen molar-refractivity contribution in [3.8, 4) is 5.75 Å². The number of thioether (sulfide) groups is 1. The van der Waals surface area contributed by atoms with E-state index in [0.717, 1.165) is 29.0 Å². The van der Waals surface area contributed by atoms with Crippen LogP contribution in [0.5, 0.6) is 5.75 Å². The molecule has 2 aromatic rings. The lowest BCUT2D eigenvalue weighted by atomic mass is 10.2. The highest BCUT2D eigenvalue weighted by molar-refractivity contribution is 7.99. The molecule has 0 bridgehead atoms. The van der Waals surface area contributed by atoms with Crippen LogP contribution in [0.15, 0.2) is 28.7 Å². The summed E-state index contributed by atoms with van der Waals surface area (Å²) in [5, 5.41) is 4.60. The molecule has 4 heteroatoms. The summed E-state index contributed by atoms with van der Waals surface area (Å²) in [5.41, 5.74) is 0.834. The van der Waals surface area contributed by atoms with Crippen molar-refractivity contribution in [3.05, 3.63) is 30.0 Å². The molecule has 1 aromatic heterocycles. The SMILES string of the molecule is CCSCCC(C)NCc1cc2cccc(OC)c2o1. The van der Waals surface area contributed by atoms with Gasteiger partial charge in [0.15, 0.2) is 11.3 Å². The predicted octanol–water partition coefficient (Wildman–Crippen LogP) is 4.06. The highest BCUT2D eigenvalue weighted by Crippen LogP contribution is 2.28. The van der Waals surface area contributed by atoms with Gasteiger partial charge in [0.05, 0.1) is 13.7 Å². The van der Waals surface area contributed by atoms with Crippen LogP contribution in [0.25, 0.3) is 11.0 Å². The average Bonchev–Trinajstić information content (AvgIpc) is 2.88. The molecule has 3 nitrogen and oxygen atoms in total. The van der Waals surface area contributed by atoms with Crippen LogP contribution >= 0.6 is 11.8 Å². The van der Waals surface area contributed by atoms with Crippen molar-refractivity contribution in [1.29, 1.82) is 0 Å². The molecule has 20 heavy (non-hydrogen) atoms. The Morgan fingerprint density at radius 2 is 2.25 bits per heavy atom. The molecular formula is C16H23NO2S. The maximum absolute atomic E-state index is 5.87. The average molecular weight is 293 g/mol. The fourth-order valence-corrected chi connectivity index (χ4v) is 2.93. The summed E-state index contributed by atoms with van der Waals surface area (Å²) in [4.78, 5) is 0.